The van der Waals surface area contributed by atoms with Gasteiger partial charge >= 0.3 is 0 Å². The van der Waals surface area contributed by atoms with Crippen molar-refractivity contribution in [3.63, 3.8) is 0 Å². The average molecular weight is 379 g/mol. The summed E-state index contributed by atoms with van der Waals surface area (Å²) in [5.41, 5.74) is 1.77. The van der Waals surface area contributed by atoms with Crippen LogP contribution in [0.1, 0.15) is 17.7 Å². The predicted octanol–water partition coefficient (Wildman–Crippen LogP) is 4.42. The van der Waals surface area contributed by atoms with Crippen LogP contribution in [0.3, 0.4) is 0 Å². The first kappa shape index (κ1) is 16.0. The second kappa shape index (κ2) is 6.78. The maximum Gasteiger partial charge on any atom is 0.271 e. The van der Waals surface area contributed by atoms with E-state index in [1.165, 1.54) is 11.3 Å². The van der Waals surface area contributed by atoms with Crippen LogP contribution in [0.5, 0.6) is 0 Å². The molecule has 0 unspecified atom stereocenters. The fraction of sp³-hybridized carbons (Fsp3) is 0.294. The quantitative estimate of drug-likeness (QED) is 0.776. The summed E-state index contributed by atoms with van der Waals surface area (Å²) in [7, 11) is 0. The number of nitrogens with zero attached hydrogens (tertiary/aromatic N) is 2. The number of para-hydroxylation sites is 1. The zero-order valence-electron chi connectivity index (χ0n) is 12.8. The Morgan fingerprint density at radius 1 is 1.29 bits per heavy atom. The number of oxime groups is 1. The van der Waals surface area contributed by atoms with Crippen LogP contribution >= 0.6 is 34.7 Å². The molecule has 1 aromatic carbocycles. The fourth-order valence-electron chi connectivity index (χ4n) is 2.85. The van der Waals surface area contributed by atoms with E-state index < -0.39 is 6.10 Å². The third kappa shape index (κ3) is 3.06. The minimum atomic E-state index is -0.558. The smallest absolute Gasteiger partial charge is 0.271 e. The Morgan fingerprint density at radius 2 is 2.17 bits per heavy atom. The highest BCUT2D eigenvalue weighted by Gasteiger charge is 2.34. The van der Waals surface area contributed by atoms with Crippen molar-refractivity contribution in [1.82, 2.24) is 0 Å². The lowest BCUT2D eigenvalue weighted by Gasteiger charge is -2.24. The van der Waals surface area contributed by atoms with Crippen LogP contribution in [0.2, 0.25) is 4.34 Å². The molecule has 7 heteroatoms. The molecule has 124 valence electrons. The van der Waals surface area contributed by atoms with E-state index in [-0.39, 0.29) is 5.91 Å². The Kier molecular flexibility index (Phi) is 4.52. The topological polar surface area (TPSA) is 41.9 Å². The molecule has 0 bridgehead atoms. The number of carbonyl (C=O) groups is 1. The summed E-state index contributed by atoms with van der Waals surface area (Å²) >= 11 is 9.23. The van der Waals surface area contributed by atoms with Gasteiger partial charge < -0.3 is 9.74 Å². The highest BCUT2D eigenvalue weighted by atomic mass is 35.5. The molecule has 0 aliphatic carbocycles. The molecule has 4 rings (SSSR count). The average Bonchev–Trinajstić information content (AvgIpc) is 3.19. The second-order valence-electron chi connectivity index (χ2n) is 5.60. The maximum absolute atomic E-state index is 13.0. The highest BCUT2D eigenvalue weighted by molar-refractivity contribution is 7.99. The van der Waals surface area contributed by atoms with Gasteiger partial charge in [0.1, 0.15) is 5.71 Å². The van der Waals surface area contributed by atoms with Crippen LogP contribution in [0.25, 0.3) is 0 Å². The summed E-state index contributed by atoms with van der Waals surface area (Å²) in [4.78, 5) is 22.4. The van der Waals surface area contributed by atoms with Crippen LogP contribution in [-0.4, -0.2) is 30.0 Å². The fourth-order valence-corrected chi connectivity index (χ4v) is 4.88. The zero-order valence-corrected chi connectivity index (χ0v) is 15.2. The van der Waals surface area contributed by atoms with Gasteiger partial charge in [0.2, 0.25) is 6.10 Å². The first-order valence-electron chi connectivity index (χ1n) is 7.74. The number of rotatable bonds is 2. The number of thiophene rings is 1. The summed E-state index contributed by atoms with van der Waals surface area (Å²) in [6, 6.07) is 11.8. The van der Waals surface area contributed by atoms with Crippen molar-refractivity contribution in [2.75, 3.05) is 17.2 Å². The molecule has 0 radical (unpaired) electrons. The minimum Gasteiger partial charge on any atom is -0.382 e. The number of carbonyl (C=O) groups excluding carboxylic acids is 1. The van der Waals surface area contributed by atoms with Gasteiger partial charge in [-0.15, -0.1) is 23.1 Å². The molecule has 0 spiro atoms. The summed E-state index contributed by atoms with van der Waals surface area (Å²) in [6.45, 7) is 0.711. The van der Waals surface area contributed by atoms with Crippen molar-refractivity contribution >= 4 is 52.0 Å². The van der Waals surface area contributed by atoms with Gasteiger partial charge in [0.25, 0.3) is 5.91 Å². The van der Waals surface area contributed by atoms with Gasteiger partial charge in [-0.2, -0.15) is 0 Å². The molecule has 24 heavy (non-hydrogen) atoms. The largest absolute Gasteiger partial charge is 0.382 e. The van der Waals surface area contributed by atoms with Crippen molar-refractivity contribution in [2.45, 2.75) is 23.8 Å². The summed E-state index contributed by atoms with van der Waals surface area (Å²) in [5, 5.41) is 4.11. The van der Waals surface area contributed by atoms with E-state index in [2.05, 4.69) is 11.2 Å². The van der Waals surface area contributed by atoms with E-state index in [4.69, 9.17) is 16.4 Å². The Morgan fingerprint density at radius 3 is 3.00 bits per heavy atom. The van der Waals surface area contributed by atoms with Crippen molar-refractivity contribution in [3.05, 3.63) is 45.6 Å². The number of benzene rings is 1. The predicted molar refractivity (Wildman–Crippen MR) is 99.5 cm³/mol. The molecule has 2 aromatic rings. The Labute approximate surface area is 153 Å². The van der Waals surface area contributed by atoms with Gasteiger partial charge in [0, 0.05) is 17.9 Å². The monoisotopic (exact) mass is 378 g/mol. The number of thioether (sulfide) groups is 1. The lowest BCUT2D eigenvalue weighted by atomic mass is 10.1. The minimum absolute atomic E-state index is 0.0219. The number of halogens is 1. The van der Waals surface area contributed by atoms with E-state index in [9.17, 15) is 4.79 Å². The number of hydrogen-bond donors (Lipinski definition) is 0. The van der Waals surface area contributed by atoms with Gasteiger partial charge in [0.15, 0.2) is 0 Å². The third-order valence-corrected chi connectivity index (χ3v) is 6.44. The van der Waals surface area contributed by atoms with E-state index in [0.717, 1.165) is 33.3 Å². The van der Waals surface area contributed by atoms with Gasteiger partial charge in [0.05, 0.1) is 14.9 Å². The van der Waals surface area contributed by atoms with Gasteiger partial charge in [-0.25, -0.2) is 0 Å². The Balaban J connectivity index is 1.53. The molecule has 3 heterocycles. The van der Waals surface area contributed by atoms with Crippen LogP contribution in [0.15, 0.2) is 46.4 Å². The molecule has 2 aliphatic heterocycles. The molecular weight excluding hydrogens is 364 g/mol. The lowest BCUT2D eigenvalue weighted by molar-refractivity contribution is -0.128. The molecule has 0 fully saturated rings. The van der Waals surface area contributed by atoms with Crippen molar-refractivity contribution in [3.8, 4) is 0 Å². The molecule has 4 nitrogen and oxygen atoms in total. The van der Waals surface area contributed by atoms with Crippen molar-refractivity contribution < 1.29 is 9.63 Å². The van der Waals surface area contributed by atoms with E-state index in [1.807, 2.05) is 35.2 Å². The number of fused-ring (bicyclic) bond motifs is 1. The maximum atomic E-state index is 13.0. The number of hydrogen-bond acceptors (Lipinski definition) is 5. The molecule has 1 amide bonds. The van der Waals surface area contributed by atoms with Gasteiger partial charge in [-0.05, 0) is 36.4 Å². The SMILES string of the molecule is O=C([C@@H]1CC(c2ccc(Cl)s2)=NO1)N1CCCSc2ccccc21. The standard InChI is InChI=1S/C17H15ClN2O2S2/c18-16-7-6-14(24-16)11-10-13(22-19-11)17(21)20-8-3-9-23-15-5-2-1-4-12(15)20/h1-2,4-7,13H,3,8-10H2/t13-/m0/s1. The molecule has 2 aliphatic rings. The van der Waals surface area contributed by atoms with Crippen LogP contribution < -0.4 is 4.90 Å². The van der Waals surface area contributed by atoms with Crippen molar-refractivity contribution in [2.24, 2.45) is 5.16 Å². The van der Waals surface area contributed by atoms with Crippen LogP contribution in [0.4, 0.5) is 5.69 Å². The summed E-state index contributed by atoms with van der Waals surface area (Å²) in [5.74, 6) is 0.994. The molecule has 0 N–H and O–H groups in total. The normalized spacial score (nSPS) is 20.1. The number of anilines is 1. The molecular formula is C17H15ClN2O2S2. The van der Waals surface area contributed by atoms with Gasteiger partial charge in [-0.1, -0.05) is 28.9 Å². The van der Waals surface area contributed by atoms with E-state index >= 15 is 0 Å². The van der Waals surface area contributed by atoms with Crippen LogP contribution in [-0.2, 0) is 9.63 Å². The molecule has 0 saturated carbocycles. The Hall–Kier alpha value is -1.50. The summed E-state index contributed by atoms with van der Waals surface area (Å²) in [6.07, 6.45) is 0.894. The van der Waals surface area contributed by atoms with E-state index in [1.54, 1.807) is 11.8 Å². The first-order valence-corrected chi connectivity index (χ1v) is 9.92. The summed E-state index contributed by atoms with van der Waals surface area (Å²) < 4.78 is 0.709. The third-order valence-electron chi connectivity index (χ3n) is 4.01. The van der Waals surface area contributed by atoms with E-state index in [0.29, 0.717) is 17.3 Å². The Bertz CT molecular complexity index is 805. The lowest BCUT2D eigenvalue weighted by Crippen LogP contribution is -2.40. The van der Waals surface area contributed by atoms with Gasteiger partial charge in [-0.3, -0.25) is 4.79 Å². The second-order valence-corrected chi connectivity index (χ2v) is 8.45. The number of amides is 1. The zero-order chi connectivity index (χ0) is 16.5. The molecule has 1 aromatic heterocycles. The van der Waals surface area contributed by atoms with Crippen molar-refractivity contribution in [1.29, 1.82) is 0 Å². The molecule has 1 atom stereocenters. The highest BCUT2D eigenvalue weighted by Crippen LogP contribution is 2.35. The van der Waals surface area contributed by atoms with Crippen LogP contribution in [0, 0.1) is 0 Å². The molecule has 0 saturated heterocycles. The first-order chi connectivity index (χ1) is 11.7.